The van der Waals surface area contributed by atoms with E-state index in [9.17, 15) is 22.8 Å². The summed E-state index contributed by atoms with van der Waals surface area (Å²) in [7, 11) is 0. The zero-order valence-corrected chi connectivity index (χ0v) is 11.2. The van der Waals surface area contributed by atoms with Crippen LogP contribution in [0, 0.1) is 0 Å². The van der Waals surface area contributed by atoms with Crippen molar-refractivity contribution in [2.45, 2.75) is 18.6 Å². The average molecular weight is 311 g/mol. The summed E-state index contributed by atoms with van der Waals surface area (Å²) >= 11 is 0. The van der Waals surface area contributed by atoms with Gasteiger partial charge in [-0.1, -0.05) is 42.5 Å². The molecule has 0 aliphatic rings. The van der Waals surface area contributed by atoms with Crippen LogP contribution in [-0.4, -0.2) is 23.2 Å². The van der Waals surface area contributed by atoms with E-state index in [4.69, 9.17) is 5.11 Å². The van der Waals surface area contributed by atoms with Crippen LogP contribution in [0.15, 0.2) is 42.5 Å². The van der Waals surface area contributed by atoms with Gasteiger partial charge in [0.05, 0.1) is 12.5 Å². The van der Waals surface area contributed by atoms with E-state index >= 15 is 0 Å². The summed E-state index contributed by atoms with van der Waals surface area (Å²) in [6.07, 6.45) is -5.71. The maximum absolute atomic E-state index is 12.4. The van der Waals surface area contributed by atoms with Crippen molar-refractivity contribution in [1.82, 2.24) is 5.32 Å². The zero-order valence-electron chi connectivity index (χ0n) is 11.2. The van der Waals surface area contributed by atoms with Crippen LogP contribution in [0.1, 0.15) is 18.0 Å². The second-order valence-corrected chi connectivity index (χ2v) is 4.69. The number of halogens is 3. The van der Waals surface area contributed by atoms with Gasteiger partial charge in [0.15, 0.2) is 0 Å². The van der Waals surface area contributed by atoms with Crippen LogP contribution in [0.5, 0.6) is 0 Å². The van der Waals surface area contributed by atoms with Crippen molar-refractivity contribution in [3.63, 3.8) is 0 Å². The van der Waals surface area contributed by atoms with Gasteiger partial charge >= 0.3 is 18.1 Å². The fraction of sp³-hybridized carbons (Fsp3) is 0.200. The van der Waals surface area contributed by atoms with Crippen LogP contribution < -0.4 is 5.32 Å². The molecule has 0 aliphatic heterocycles. The Morgan fingerprint density at radius 1 is 1.09 bits per heavy atom. The highest BCUT2D eigenvalue weighted by Crippen LogP contribution is 2.27. The summed E-state index contributed by atoms with van der Waals surface area (Å²) in [6, 6.07) is 10.5. The number of nitrogens with one attached hydrogen (secondary N) is 1. The van der Waals surface area contributed by atoms with Crippen molar-refractivity contribution in [2.75, 3.05) is 0 Å². The number of aliphatic carboxylic acids is 1. The lowest BCUT2D eigenvalue weighted by molar-refractivity contribution is -0.174. The molecule has 0 unspecified atom stereocenters. The minimum absolute atomic E-state index is 0.332. The molecule has 1 amide bonds. The number of carbonyl (C=O) groups excluding carboxylic acids is 1. The van der Waals surface area contributed by atoms with Gasteiger partial charge in [0.2, 0.25) is 0 Å². The SMILES string of the molecule is O=C(O)C[C@@H](NC(=O)C(F)(F)F)c1cccc2ccccc12. The van der Waals surface area contributed by atoms with Gasteiger partial charge in [-0.05, 0) is 16.3 Å². The quantitative estimate of drug-likeness (QED) is 0.912. The Morgan fingerprint density at radius 3 is 2.36 bits per heavy atom. The average Bonchev–Trinajstić information content (AvgIpc) is 2.44. The first-order valence-electron chi connectivity index (χ1n) is 6.36. The summed E-state index contributed by atoms with van der Waals surface area (Å²) < 4.78 is 37.3. The topological polar surface area (TPSA) is 66.4 Å². The van der Waals surface area contributed by atoms with Crippen molar-refractivity contribution in [3.8, 4) is 0 Å². The normalized spacial score (nSPS) is 12.9. The number of alkyl halides is 3. The summed E-state index contributed by atoms with van der Waals surface area (Å²) in [5.41, 5.74) is 0.332. The van der Waals surface area contributed by atoms with Gasteiger partial charge in [0.1, 0.15) is 0 Å². The molecule has 0 saturated heterocycles. The lowest BCUT2D eigenvalue weighted by Gasteiger charge is -2.20. The largest absolute Gasteiger partial charge is 0.481 e. The summed E-state index contributed by atoms with van der Waals surface area (Å²) in [6.45, 7) is 0. The van der Waals surface area contributed by atoms with Gasteiger partial charge in [0.25, 0.3) is 0 Å². The zero-order chi connectivity index (χ0) is 16.3. The lowest BCUT2D eigenvalue weighted by atomic mass is 9.96. The van der Waals surface area contributed by atoms with Crippen LogP contribution >= 0.6 is 0 Å². The number of rotatable bonds is 4. The van der Waals surface area contributed by atoms with Crippen LogP contribution in [0.25, 0.3) is 10.8 Å². The molecule has 22 heavy (non-hydrogen) atoms. The number of benzene rings is 2. The maximum atomic E-state index is 12.4. The molecule has 7 heteroatoms. The maximum Gasteiger partial charge on any atom is 0.471 e. The Balaban J connectivity index is 2.44. The Labute approximate surface area is 123 Å². The number of fused-ring (bicyclic) bond motifs is 1. The second-order valence-electron chi connectivity index (χ2n) is 4.69. The molecule has 0 saturated carbocycles. The van der Waals surface area contributed by atoms with Crippen molar-refractivity contribution < 1.29 is 27.9 Å². The fourth-order valence-electron chi connectivity index (χ4n) is 2.21. The molecule has 0 aromatic heterocycles. The Hall–Kier alpha value is -2.57. The van der Waals surface area contributed by atoms with Gasteiger partial charge < -0.3 is 10.4 Å². The molecule has 1 atom stereocenters. The fourth-order valence-corrected chi connectivity index (χ4v) is 2.21. The first-order chi connectivity index (χ1) is 10.3. The molecular formula is C15H12F3NO3. The van der Waals surface area contributed by atoms with Crippen molar-refractivity contribution in [2.24, 2.45) is 0 Å². The standard InChI is InChI=1S/C15H12F3NO3/c16-15(17,18)14(22)19-12(8-13(20)21)11-7-3-5-9-4-1-2-6-10(9)11/h1-7,12H,8H2,(H,19,22)(H,20,21)/t12-/m1/s1. The molecule has 116 valence electrons. The number of carboxylic acids is 1. The highest BCUT2D eigenvalue weighted by atomic mass is 19.4. The van der Waals surface area contributed by atoms with Crippen molar-refractivity contribution >= 4 is 22.6 Å². The molecule has 0 spiro atoms. The van der Waals surface area contributed by atoms with Crippen LogP contribution in [0.3, 0.4) is 0 Å². The molecule has 2 aromatic carbocycles. The van der Waals surface area contributed by atoms with Crippen molar-refractivity contribution in [1.29, 1.82) is 0 Å². The minimum Gasteiger partial charge on any atom is -0.481 e. The summed E-state index contributed by atoms with van der Waals surface area (Å²) in [5.74, 6) is -3.47. The smallest absolute Gasteiger partial charge is 0.471 e. The predicted molar refractivity (Wildman–Crippen MR) is 73.1 cm³/mol. The molecule has 4 nitrogen and oxygen atoms in total. The summed E-state index contributed by atoms with van der Waals surface area (Å²) in [5, 5.41) is 12.0. The second kappa shape index (κ2) is 6.05. The number of hydrogen-bond donors (Lipinski definition) is 2. The van der Waals surface area contributed by atoms with Gasteiger partial charge in [-0.3, -0.25) is 9.59 Å². The predicted octanol–water partition coefficient (Wildman–Crippen LogP) is 3.03. The number of carboxylic acid groups (broad SMARTS) is 1. The highest BCUT2D eigenvalue weighted by Gasteiger charge is 2.40. The van der Waals surface area contributed by atoms with E-state index in [0.29, 0.717) is 10.9 Å². The van der Waals surface area contributed by atoms with E-state index in [1.807, 2.05) is 0 Å². The number of amides is 1. The summed E-state index contributed by atoms with van der Waals surface area (Å²) in [4.78, 5) is 22.1. The molecule has 0 bridgehead atoms. The van der Waals surface area contributed by atoms with E-state index < -0.39 is 30.5 Å². The molecule has 0 fully saturated rings. The first kappa shape index (κ1) is 15.8. The molecular weight excluding hydrogens is 299 g/mol. The molecule has 2 rings (SSSR count). The minimum atomic E-state index is -5.07. The van der Waals surface area contributed by atoms with Crippen LogP contribution in [-0.2, 0) is 9.59 Å². The Morgan fingerprint density at radius 2 is 1.73 bits per heavy atom. The number of carbonyl (C=O) groups is 2. The highest BCUT2D eigenvalue weighted by molar-refractivity contribution is 5.88. The number of hydrogen-bond acceptors (Lipinski definition) is 2. The van der Waals surface area contributed by atoms with E-state index in [1.165, 1.54) is 6.07 Å². The first-order valence-corrected chi connectivity index (χ1v) is 6.36. The van der Waals surface area contributed by atoms with Crippen LogP contribution in [0.4, 0.5) is 13.2 Å². The van der Waals surface area contributed by atoms with Gasteiger partial charge in [-0.25, -0.2) is 0 Å². The molecule has 0 aliphatic carbocycles. The van der Waals surface area contributed by atoms with Crippen LogP contribution in [0.2, 0.25) is 0 Å². The molecule has 2 N–H and O–H groups in total. The van der Waals surface area contributed by atoms with E-state index in [2.05, 4.69) is 0 Å². The third-order valence-electron chi connectivity index (χ3n) is 3.14. The Kier molecular flexibility index (Phi) is 4.35. The van der Waals surface area contributed by atoms with E-state index in [1.54, 1.807) is 41.7 Å². The third kappa shape index (κ3) is 3.55. The van der Waals surface area contributed by atoms with Gasteiger partial charge in [-0.15, -0.1) is 0 Å². The molecule has 0 radical (unpaired) electrons. The van der Waals surface area contributed by atoms with Crippen molar-refractivity contribution in [3.05, 3.63) is 48.0 Å². The lowest BCUT2D eigenvalue weighted by Crippen LogP contribution is -2.39. The molecule has 2 aromatic rings. The monoisotopic (exact) mass is 311 g/mol. The van der Waals surface area contributed by atoms with E-state index in [0.717, 1.165) is 5.39 Å². The Bertz CT molecular complexity index is 707. The molecule has 0 heterocycles. The van der Waals surface area contributed by atoms with Gasteiger partial charge in [0, 0.05) is 0 Å². The van der Waals surface area contributed by atoms with E-state index in [-0.39, 0.29) is 0 Å². The van der Waals surface area contributed by atoms with Gasteiger partial charge in [-0.2, -0.15) is 13.2 Å². The third-order valence-corrected chi connectivity index (χ3v) is 3.14.